The molecule has 1 aliphatic rings. The third-order valence-corrected chi connectivity index (χ3v) is 4.81. The number of ether oxygens (including phenoxy) is 2. The lowest BCUT2D eigenvalue weighted by atomic mass is 9.95. The molecule has 2 aromatic rings. The minimum Gasteiger partial charge on any atom is -0.504 e. The minimum absolute atomic E-state index is 0.00839. The SMILES string of the molecule is CC1=C(C(=O)OCc2ccccc2)C(c2ccc(OCC(C)C)c(O)c2)NC(=S)N1. The van der Waals surface area contributed by atoms with Gasteiger partial charge in [-0.3, -0.25) is 0 Å². The second-order valence-electron chi connectivity index (χ2n) is 7.56. The van der Waals surface area contributed by atoms with Gasteiger partial charge < -0.3 is 25.2 Å². The van der Waals surface area contributed by atoms with Crippen LogP contribution < -0.4 is 15.4 Å². The van der Waals surface area contributed by atoms with Crippen molar-refractivity contribution in [1.29, 1.82) is 0 Å². The molecule has 0 aromatic heterocycles. The lowest BCUT2D eigenvalue weighted by Crippen LogP contribution is -2.45. The van der Waals surface area contributed by atoms with E-state index in [0.29, 0.717) is 40.2 Å². The van der Waals surface area contributed by atoms with Gasteiger partial charge in [0.05, 0.1) is 18.2 Å². The highest BCUT2D eigenvalue weighted by molar-refractivity contribution is 7.80. The summed E-state index contributed by atoms with van der Waals surface area (Å²) in [6.07, 6.45) is 0. The maximum atomic E-state index is 12.9. The van der Waals surface area contributed by atoms with Crippen LogP contribution in [0.5, 0.6) is 11.5 Å². The van der Waals surface area contributed by atoms with E-state index in [1.54, 1.807) is 25.1 Å². The quantitative estimate of drug-likeness (QED) is 0.457. The molecule has 3 N–H and O–H groups in total. The number of phenols is 1. The molecular formula is C23H26N2O4S. The second kappa shape index (κ2) is 9.63. The monoisotopic (exact) mass is 426 g/mol. The van der Waals surface area contributed by atoms with Gasteiger partial charge in [0.15, 0.2) is 16.6 Å². The van der Waals surface area contributed by atoms with E-state index < -0.39 is 12.0 Å². The van der Waals surface area contributed by atoms with Crippen LogP contribution in [0.3, 0.4) is 0 Å². The van der Waals surface area contributed by atoms with Crippen LogP contribution in [-0.2, 0) is 16.1 Å². The van der Waals surface area contributed by atoms with E-state index in [0.717, 1.165) is 5.56 Å². The molecule has 0 saturated carbocycles. The van der Waals surface area contributed by atoms with Crippen molar-refractivity contribution in [1.82, 2.24) is 10.6 Å². The summed E-state index contributed by atoms with van der Waals surface area (Å²) < 4.78 is 11.2. The Kier molecular flexibility index (Phi) is 6.95. The second-order valence-corrected chi connectivity index (χ2v) is 7.97. The third-order valence-electron chi connectivity index (χ3n) is 4.59. The molecule has 0 radical (unpaired) electrons. The Hall–Kier alpha value is -3.06. The van der Waals surface area contributed by atoms with E-state index in [9.17, 15) is 9.90 Å². The van der Waals surface area contributed by atoms with Crippen molar-refractivity contribution < 1.29 is 19.4 Å². The zero-order chi connectivity index (χ0) is 21.7. The van der Waals surface area contributed by atoms with E-state index >= 15 is 0 Å². The van der Waals surface area contributed by atoms with Crippen molar-refractivity contribution in [3.05, 3.63) is 70.9 Å². The molecule has 30 heavy (non-hydrogen) atoms. The van der Waals surface area contributed by atoms with Crippen LogP contribution in [0.25, 0.3) is 0 Å². The Morgan fingerprint density at radius 2 is 1.93 bits per heavy atom. The number of rotatable bonds is 7. The molecule has 0 bridgehead atoms. The van der Waals surface area contributed by atoms with E-state index in [1.165, 1.54) is 0 Å². The first-order valence-corrected chi connectivity index (χ1v) is 10.2. The molecule has 158 valence electrons. The molecule has 0 amide bonds. The molecule has 2 aromatic carbocycles. The molecule has 7 heteroatoms. The average molecular weight is 427 g/mol. The van der Waals surface area contributed by atoms with Crippen LogP contribution in [-0.4, -0.2) is 22.8 Å². The number of phenolic OH excluding ortho intramolecular Hbond substituents is 1. The molecule has 1 heterocycles. The van der Waals surface area contributed by atoms with E-state index in [2.05, 4.69) is 10.6 Å². The molecule has 1 unspecified atom stereocenters. The number of benzene rings is 2. The number of esters is 1. The predicted octanol–water partition coefficient (Wildman–Crippen LogP) is 3.96. The topological polar surface area (TPSA) is 79.8 Å². The first kappa shape index (κ1) is 21.6. The summed E-state index contributed by atoms with van der Waals surface area (Å²) in [5.74, 6) is 0.291. The number of carbonyl (C=O) groups excluding carboxylic acids is 1. The van der Waals surface area contributed by atoms with Crippen LogP contribution >= 0.6 is 12.2 Å². The lowest BCUT2D eigenvalue weighted by Gasteiger charge is -2.30. The molecule has 6 nitrogen and oxygen atoms in total. The molecule has 1 atom stereocenters. The van der Waals surface area contributed by atoms with Crippen LogP contribution in [0.2, 0.25) is 0 Å². The van der Waals surface area contributed by atoms with Crippen molar-refractivity contribution in [3.8, 4) is 11.5 Å². The standard InChI is InChI=1S/C23H26N2O4S/c1-14(2)12-28-19-10-9-17(11-18(19)26)21-20(15(3)24-23(30)25-21)22(27)29-13-16-7-5-4-6-8-16/h4-11,14,21,26H,12-13H2,1-3H3,(H2,24,25,30). The van der Waals surface area contributed by atoms with Gasteiger partial charge in [-0.1, -0.05) is 50.2 Å². The summed E-state index contributed by atoms with van der Waals surface area (Å²) in [5.41, 5.74) is 2.60. The molecule has 0 saturated heterocycles. The number of hydrogen-bond donors (Lipinski definition) is 3. The molecular weight excluding hydrogens is 400 g/mol. The highest BCUT2D eigenvalue weighted by atomic mass is 32.1. The summed E-state index contributed by atoms with van der Waals surface area (Å²) >= 11 is 5.27. The Labute approximate surface area is 181 Å². The summed E-state index contributed by atoms with van der Waals surface area (Å²) in [6.45, 7) is 6.51. The predicted molar refractivity (Wildman–Crippen MR) is 119 cm³/mol. The van der Waals surface area contributed by atoms with Gasteiger partial charge in [-0.25, -0.2) is 4.79 Å². The Bertz CT molecular complexity index is 957. The van der Waals surface area contributed by atoms with Crippen LogP contribution in [0.15, 0.2) is 59.8 Å². The van der Waals surface area contributed by atoms with Gasteiger partial charge in [0.1, 0.15) is 6.61 Å². The van der Waals surface area contributed by atoms with Gasteiger partial charge in [-0.2, -0.15) is 0 Å². The number of hydrogen-bond acceptors (Lipinski definition) is 5. The molecule has 3 rings (SSSR count). The summed E-state index contributed by atoms with van der Waals surface area (Å²) in [6, 6.07) is 14.0. The van der Waals surface area contributed by atoms with Crippen molar-refractivity contribution in [2.24, 2.45) is 5.92 Å². The van der Waals surface area contributed by atoms with Gasteiger partial charge in [0, 0.05) is 5.70 Å². The van der Waals surface area contributed by atoms with Gasteiger partial charge in [-0.15, -0.1) is 0 Å². The first-order chi connectivity index (χ1) is 14.3. The minimum atomic E-state index is -0.549. The third kappa shape index (κ3) is 5.30. The fraction of sp³-hybridized carbons (Fsp3) is 0.304. The smallest absolute Gasteiger partial charge is 0.338 e. The fourth-order valence-corrected chi connectivity index (χ4v) is 3.38. The molecule has 1 aliphatic heterocycles. The zero-order valence-corrected chi connectivity index (χ0v) is 18.1. The summed E-state index contributed by atoms with van der Waals surface area (Å²) in [4.78, 5) is 12.9. The normalized spacial score (nSPS) is 16.1. The summed E-state index contributed by atoms with van der Waals surface area (Å²) in [7, 11) is 0. The van der Waals surface area contributed by atoms with Gasteiger partial charge in [0.25, 0.3) is 0 Å². The van der Waals surface area contributed by atoms with Crippen LogP contribution in [0, 0.1) is 5.92 Å². The average Bonchev–Trinajstić information content (AvgIpc) is 2.71. The lowest BCUT2D eigenvalue weighted by molar-refractivity contribution is -0.140. The summed E-state index contributed by atoms with van der Waals surface area (Å²) in [5, 5.41) is 16.9. The van der Waals surface area contributed by atoms with Gasteiger partial charge in [-0.05, 0) is 48.3 Å². The van der Waals surface area contributed by atoms with E-state index in [4.69, 9.17) is 21.7 Å². The maximum Gasteiger partial charge on any atom is 0.338 e. The number of aromatic hydroxyl groups is 1. The number of thiocarbonyl (C=S) groups is 1. The number of nitrogens with one attached hydrogen (secondary N) is 2. The fourth-order valence-electron chi connectivity index (χ4n) is 3.11. The largest absolute Gasteiger partial charge is 0.504 e. The molecule has 0 fully saturated rings. The van der Waals surface area contributed by atoms with Crippen LogP contribution in [0.4, 0.5) is 0 Å². The Balaban J connectivity index is 1.82. The highest BCUT2D eigenvalue weighted by Gasteiger charge is 2.31. The van der Waals surface area contributed by atoms with Crippen molar-refractivity contribution in [2.75, 3.05) is 6.61 Å². The molecule has 0 aliphatic carbocycles. The molecule has 0 spiro atoms. The van der Waals surface area contributed by atoms with Crippen molar-refractivity contribution in [3.63, 3.8) is 0 Å². The van der Waals surface area contributed by atoms with Crippen molar-refractivity contribution >= 4 is 23.3 Å². The Morgan fingerprint density at radius 1 is 1.20 bits per heavy atom. The highest BCUT2D eigenvalue weighted by Crippen LogP contribution is 2.34. The maximum absolute atomic E-state index is 12.9. The number of carbonyl (C=O) groups is 1. The number of allylic oxidation sites excluding steroid dienone is 1. The first-order valence-electron chi connectivity index (χ1n) is 9.80. The Morgan fingerprint density at radius 3 is 2.60 bits per heavy atom. The van der Waals surface area contributed by atoms with Gasteiger partial charge >= 0.3 is 5.97 Å². The van der Waals surface area contributed by atoms with Crippen molar-refractivity contribution in [2.45, 2.75) is 33.4 Å². The van der Waals surface area contributed by atoms with E-state index in [-0.39, 0.29) is 12.4 Å². The zero-order valence-electron chi connectivity index (χ0n) is 17.3. The van der Waals surface area contributed by atoms with Crippen LogP contribution in [0.1, 0.15) is 37.9 Å². The van der Waals surface area contributed by atoms with E-state index in [1.807, 2.05) is 44.2 Å². The van der Waals surface area contributed by atoms with Gasteiger partial charge in [0.2, 0.25) is 0 Å².